The molecule has 1 atom stereocenters. The molecule has 1 aliphatic rings. The molecule has 0 bridgehead atoms. The number of hydrogen-bond acceptors (Lipinski definition) is 3. The highest BCUT2D eigenvalue weighted by atomic mass is 79.9. The third-order valence-electron chi connectivity index (χ3n) is 3.49. The molecule has 1 aliphatic carbocycles. The van der Waals surface area contributed by atoms with E-state index in [1.165, 1.54) is 10.4 Å². The van der Waals surface area contributed by atoms with E-state index in [4.69, 9.17) is 5.73 Å². The van der Waals surface area contributed by atoms with Crippen LogP contribution in [0.5, 0.6) is 0 Å². The van der Waals surface area contributed by atoms with Gasteiger partial charge in [-0.05, 0) is 59.8 Å². The number of rotatable bonds is 4. The molecule has 0 aromatic heterocycles. The Morgan fingerprint density at radius 1 is 1.44 bits per heavy atom. The van der Waals surface area contributed by atoms with E-state index in [1.54, 1.807) is 19.2 Å². The van der Waals surface area contributed by atoms with Crippen LogP contribution in [0.2, 0.25) is 0 Å². The first-order valence-electron chi connectivity index (χ1n) is 5.87. The number of nitrogens with zero attached hydrogens (tertiary/aromatic N) is 1. The summed E-state index contributed by atoms with van der Waals surface area (Å²) in [5, 5.41) is 0. The Morgan fingerprint density at radius 2 is 2.06 bits per heavy atom. The number of benzene rings is 1. The molecule has 0 radical (unpaired) electrons. The highest BCUT2D eigenvalue weighted by Gasteiger charge is 2.36. The highest BCUT2D eigenvalue weighted by molar-refractivity contribution is 9.10. The first kappa shape index (κ1) is 13.8. The number of halogens is 1. The zero-order valence-corrected chi connectivity index (χ0v) is 12.8. The van der Waals surface area contributed by atoms with Crippen molar-refractivity contribution >= 4 is 31.6 Å². The first-order valence-corrected chi connectivity index (χ1v) is 8.10. The summed E-state index contributed by atoms with van der Waals surface area (Å²) in [5.74, 6) is 0.490. The third kappa shape index (κ3) is 2.55. The zero-order chi connectivity index (χ0) is 13.5. The minimum absolute atomic E-state index is 0.0309. The molecule has 1 unspecified atom stereocenters. The van der Waals surface area contributed by atoms with Gasteiger partial charge in [0.2, 0.25) is 10.0 Å². The molecule has 0 spiro atoms. The standard InChI is InChI=1S/C12H17BrN2O2S/c1-8(9-3-4-9)15(2)18(16,17)12-7-10(14)5-6-11(12)13/h5-9H,3-4,14H2,1-2H3. The molecular formula is C12H17BrN2O2S. The smallest absolute Gasteiger partial charge is 0.244 e. The summed E-state index contributed by atoms with van der Waals surface area (Å²) in [6.07, 6.45) is 2.22. The summed E-state index contributed by atoms with van der Waals surface area (Å²) in [5.41, 5.74) is 6.12. The van der Waals surface area contributed by atoms with Crippen molar-refractivity contribution in [3.05, 3.63) is 22.7 Å². The second-order valence-corrected chi connectivity index (χ2v) is 7.61. The van der Waals surface area contributed by atoms with Crippen molar-refractivity contribution in [2.45, 2.75) is 30.7 Å². The first-order chi connectivity index (χ1) is 8.34. The summed E-state index contributed by atoms with van der Waals surface area (Å²) < 4.78 is 27.0. The predicted octanol–water partition coefficient (Wildman–Crippen LogP) is 2.45. The monoisotopic (exact) mass is 332 g/mol. The third-order valence-corrected chi connectivity index (χ3v) is 6.43. The van der Waals surface area contributed by atoms with E-state index >= 15 is 0 Å². The van der Waals surface area contributed by atoms with E-state index in [2.05, 4.69) is 15.9 Å². The predicted molar refractivity (Wildman–Crippen MR) is 75.7 cm³/mol. The molecular weight excluding hydrogens is 316 g/mol. The van der Waals surface area contributed by atoms with E-state index in [9.17, 15) is 8.42 Å². The van der Waals surface area contributed by atoms with Crippen molar-refractivity contribution in [2.75, 3.05) is 12.8 Å². The zero-order valence-electron chi connectivity index (χ0n) is 10.4. The van der Waals surface area contributed by atoms with Gasteiger partial charge in [-0.15, -0.1) is 0 Å². The van der Waals surface area contributed by atoms with E-state index in [-0.39, 0.29) is 10.9 Å². The Hall–Kier alpha value is -0.590. The quantitative estimate of drug-likeness (QED) is 0.861. The lowest BCUT2D eigenvalue weighted by atomic mass is 10.2. The molecule has 100 valence electrons. The molecule has 0 amide bonds. The average Bonchev–Trinajstić information content (AvgIpc) is 3.14. The SMILES string of the molecule is CC(C1CC1)N(C)S(=O)(=O)c1cc(N)ccc1Br. The minimum atomic E-state index is -3.49. The summed E-state index contributed by atoms with van der Waals surface area (Å²) in [6, 6.07) is 4.86. The van der Waals surface area contributed by atoms with Crippen LogP contribution in [0.15, 0.2) is 27.6 Å². The summed E-state index contributed by atoms with van der Waals surface area (Å²) in [4.78, 5) is 0.234. The average molecular weight is 333 g/mol. The van der Waals surface area contributed by atoms with Crippen LogP contribution in [-0.4, -0.2) is 25.8 Å². The van der Waals surface area contributed by atoms with Crippen LogP contribution < -0.4 is 5.73 Å². The van der Waals surface area contributed by atoms with E-state index in [0.717, 1.165) is 12.8 Å². The van der Waals surface area contributed by atoms with Crippen LogP contribution in [0.3, 0.4) is 0 Å². The molecule has 1 fully saturated rings. The minimum Gasteiger partial charge on any atom is -0.399 e. The normalized spacial score (nSPS) is 18.0. The fourth-order valence-electron chi connectivity index (χ4n) is 1.97. The second-order valence-electron chi connectivity index (χ2n) is 4.79. The molecule has 1 aromatic rings. The summed E-state index contributed by atoms with van der Waals surface area (Å²) >= 11 is 3.27. The lowest BCUT2D eigenvalue weighted by molar-refractivity contribution is 0.357. The maximum atomic E-state index is 12.5. The van der Waals surface area contributed by atoms with Gasteiger partial charge in [0, 0.05) is 23.2 Å². The van der Waals surface area contributed by atoms with E-state index in [1.807, 2.05) is 6.92 Å². The summed E-state index contributed by atoms with van der Waals surface area (Å²) in [6.45, 7) is 1.95. The van der Waals surface area contributed by atoms with Crippen LogP contribution in [-0.2, 0) is 10.0 Å². The lowest BCUT2D eigenvalue weighted by Crippen LogP contribution is -2.36. The molecule has 1 saturated carbocycles. The summed E-state index contributed by atoms with van der Waals surface area (Å²) in [7, 11) is -1.86. The van der Waals surface area contributed by atoms with E-state index < -0.39 is 10.0 Å². The Bertz CT molecular complexity index is 555. The Balaban J connectivity index is 2.37. The van der Waals surface area contributed by atoms with Gasteiger partial charge < -0.3 is 5.73 Å². The molecule has 6 heteroatoms. The van der Waals surface area contributed by atoms with Gasteiger partial charge >= 0.3 is 0 Å². The van der Waals surface area contributed by atoms with Crippen molar-refractivity contribution in [1.82, 2.24) is 4.31 Å². The Labute approximate surface area is 116 Å². The van der Waals surface area contributed by atoms with Crippen molar-refractivity contribution in [3.8, 4) is 0 Å². The number of nitrogens with two attached hydrogens (primary N) is 1. The van der Waals surface area contributed by atoms with Crippen LogP contribution in [0.25, 0.3) is 0 Å². The van der Waals surface area contributed by atoms with Crippen molar-refractivity contribution in [2.24, 2.45) is 5.92 Å². The Morgan fingerprint density at radius 3 is 2.61 bits per heavy atom. The van der Waals surface area contributed by atoms with Gasteiger partial charge in [0.05, 0.1) is 4.90 Å². The van der Waals surface area contributed by atoms with Crippen LogP contribution in [0.1, 0.15) is 19.8 Å². The lowest BCUT2D eigenvalue weighted by Gasteiger charge is -2.24. The highest BCUT2D eigenvalue weighted by Crippen LogP contribution is 2.37. The topological polar surface area (TPSA) is 63.4 Å². The van der Waals surface area contributed by atoms with Crippen LogP contribution >= 0.6 is 15.9 Å². The number of hydrogen-bond donors (Lipinski definition) is 1. The maximum absolute atomic E-state index is 12.5. The number of anilines is 1. The fourth-order valence-corrected chi connectivity index (χ4v) is 4.35. The fraction of sp³-hybridized carbons (Fsp3) is 0.500. The molecule has 2 N–H and O–H groups in total. The van der Waals surface area contributed by atoms with Crippen molar-refractivity contribution < 1.29 is 8.42 Å². The van der Waals surface area contributed by atoms with Gasteiger partial charge in [0.25, 0.3) is 0 Å². The molecule has 4 nitrogen and oxygen atoms in total. The van der Waals surface area contributed by atoms with Crippen molar-refractivity contribution in [3.63, 3.8) is 0 Å². The largest absolute Gasteiger partial charge is 0.399 e. The molecule has 0 heterocycles. The molecule has 1 aromatic carbocycles. The van der Waals surface area contributed by atoms with Gasteiger partial charge in [-0.25, -0.2) is 8.42 Å². The number of nitrogen functional groups attached to an aromatic ring is 1. The number of sulfonamides is 1. The second kappa shape index (κ2) is 4.83. The van der Waals surface area contributed by atoms with E-state index in [0.29, 0.717) is 16.1 Å². The van der Waals surface area contributed by atoms with Gasteiger partial charge in [0.15, 0.2) is 0 Å². The molecule has 18 heavy (non-hydrogen) atoms. The van der Waals surface area contributed by atoms with Gasteiger partial charge in [-0.3, -0.25) is 0 Å². The Kier molecular flexibility index (Phi) is 3.71. The molecule has 0 saturated heterocycles. The van der Waals surface area contributed by atoms with Crippen LogP contribution in [0, 0.1) is 5.92 Å². The van der Waals surface area contributed by atoms with Gasteiger partial charge in [-0.1, -0.05) is 0 Å². The van der Waals surface area contributed by atoms with Gasteiger partial charge in [-0.2, -0.15) is 4.31 Å². The van der Waals surface area contributed by atoms with Crippen molar-refractivity contribution in [1.29, 1.82) is 0 Å². The molecule has 0 aliphatic heterocycles. The van der Waals surface area contributed by atoms with Crippen LogP contribution in [0.4, 0.5) is 5.69 Å². The maximum Gasteiger partial charge on any atom is 0.244 e. The van der Waals surface area contributed by atoms with Gasteiger partial charge in [0.1, 0.15) is 0 Å². The molecule has 2 rings (SSSR count).